The molecule has 5 heteroatoms. The summed E-state index contributed by atoms with van der Waals surface area (Å²) in [6.07, 6.45) is 3.53. The molecule has 0 saturated carbocycles. The Bertz CT molecular complexity index is 385. The van der Waals surface area contributed by atoms with E-state index in [1.165, 1.54) is 0 Å². The third-order valence-corrected chi connectivity index (χ3v) is 4.93. The van der Waals surface area contributed by atoms with Crippen LogP contribution in [0.25, 0.3) is 0 Å². The van der Waals surface area contributed by atoms with Crippen LogP contribution in [0, 0.1) is 11.8 Å². The number of nitrogens with zero attached hydrogens (tertiary/aromatic N) is 1. The number of hydrogen-bond acceptors (Lipinski definition) is 3. The molecule has 0 spiro atoms. The number of rotatable bonds is 1. The Labute approximate surface area is 114 Å². The van der Waals surface area contributed by atoms with Crippen molar-refractivity contribution >= 4 is 11.8 Å². The molecule has 2 N–H and O–H groups in total. The number of amides is 2. The largest absolute Gasteiger partial charge is 0.353 e. The Morgan fingerprint density at radius 1 is 1.32 bits per heavy atom. The number of nitrogens with one attached hydrogen (secondary N) is 2. The molecule has 0 aromatic carbocycles. The normalized spacial score (nSPS) is 38.8. The van der Waals surface area contributed by atoms with Gasteiger partial charge in [-0.25, -0.2) is 0 Å². The molecular weight excluding hydrogens is 242 g/mol. The maximum absolute atomic E-state index is 12.5. The van der Waals surface area contributed by atoms with E-state index in [0.717, 1.165) is 38.9 Å². The Hall–Kier alpha value is -1.10. The molecule has 19 heavy (non-hydrogen) atoms. The highest BCUT2D eigenvalue weighted by atomic mass is 16.2. The Balaban J connectivity index is 1.61. The van der Waals surface area contributed by atoms with Crippen LogP contribution in [-0.2, 0) is 9.59 Å². The van der Waals surface area contributed by atoms with E-state index in [2.05, 4.69) is 17.6 Å². The summed E-state index contributed by atoms with van der Waals surface area (Å²) >= 11 is 0. The van der Waals surface area contributed by atoms with Crippen LogP contribution in [0.3, 0.4) is 0 Å². The summed E-state index contributed by atoms with van der Waals surface area (Å²) in [6, 6.07) is 0.300. The van der Waals surface area contributed by atoms with Crippen molar-refractivity contribution in [2.24, 2.45) is 11.8 Å². The van der Waals surface area contributed by atoms with Crippen molar-refractivity contribution in [3.63, 3.8) is 0 Å². The summed E-state index contributed by atoms with van der Waals surface area (Å²) in [4.78, 5) is 25.9. The fourth-order valence-electron chi connectivity index (χ4n) is 3.67. The molecule has 4 unspecified atom stereocenters. The first kappa shape index (κ1) is 12.9. The molecule has 3 aliphatic heterocycles. The molecule has 0 aliphatic carbocycles. The zero-order valence-electron chi connectivity index (χ0n) is 11.5. The van der Waals surface area contributed by atoms with E-state index in [-0.39, 0.29) is 17.9 Å². The Morgan fingerprint density at radius 2 is 2.16 bits per heavy atom. The predicted octanol–water partition coefficient (Wildman–Crippen LogP) is 0.112. The van der Waals surface area contributed by atoms with Crippen LogP contribution in [0.15, 0.2) is 0 Å². The molecule has 0 bridgehead atoms. The number of likely N-dealkylation sites (tertiary alicyclic amines) is 1. The topological polar surface area (TPSA) is 61.4 Å². The lowest BCUT2D eigenvalue weighted by Crippen LogP contribution is -2.57. The fraction of sp³-hybridized carbons (Fsp3) is 0.857. The molecule has 106 valence electrons. The summed E-state index contributed by atoms with van der Waals surface area (Å²) in [7, 11) is 0. The molecule has 0 aromatic heterocycles. The highest BCUT2D eigenvalue weighted by molar-refractivity contribution is 5.83. The van der Waals surface area contributed by atoms with Gasteiger partial charge in [-0.15, -0.1) is 0 Å². The first-order valence-corrected chi connectivity index (χ1v) is 7.46. The minimum Gasteiger partial charge on any atom is -0.353 e. The average Bonchev–Trinajstić information content (AvgIpc) is 2.83. The SMILES string of the molecule is CC1CCNC1C(=O)N1CCC2NC(=O)CCC2C1. The van der Waals surface area contributed by atoms with Crippen LogP contribution in [0.2, 0.25) is 0 Å². The molecule has 3 fully saturated rings. The van der Waals surface area contributed by atoms with Gasteiger partial charge in [0.1, 0.15) is 0 Å². The molecule has 3 saturated heterocycles. The summed E-state index contributed by atoms with van der Waals surface area (Å²) < 4.78 is 0. The molecular formula is C14H23N3O2. The van der Waals surface area contributed by atoms with Gasteiger partial charge in [0.2, 0.25) is 11.8 Å². The maximum atomic E-state index is 12.5. The van der Waals surface area contributed by atoms with Crippen molar-refractivity contribution in [1.82, 2.24) is 15.5 Å². The predicted molar refractivity (Wildman–Crippen MR) is 71.4 cm³/mol. The lowest BCUT2D eigenvalue weighted by Gasteiger charge is -2.42. The van der Waals surface area contributed by atoms with Gasteiger partial charge >= 0.3 is 0 Å². The maximum Gasteiger partial charge on any atom is 0.239 e. The second kappa shape index (κ2) is 5.12. The minimum atomic E-state index is 0.00901. The van der Waals surface area contributed by atoms with Crippen molar-refractivity contribution in [3.05, 3.63) is 0 Å². The number of hydrogen-bond donors (Lipinski definition) is 2. The molecule has 5 nitrogen and oxygen atoms in total. The van der Waals surface area contributed by atoms with Gasteiger partial charge in [-0.2, -0.15) is 0 Å². The van der Waals surface area contributed by atoms with E-state index in [0.29, 0.717) is 24.3 Å². The summed E-state index contributed by atoms with van der Waals surface area (Å²) in [6.45, 7) is 4.70. The summed E-state index contributed by atoms with van der Waals surface area (Å²) in [5.74, 6) is 1.33. The molecule has 3 heterocycles. The van der Waals surface area contributed by atoms with E-state index < -0.39 is 0 Å². The molecule has 0 radical (unpaired) electrons. The van der Waals surface area contributed by atoms with Crippen molar-refractivity contribution in [3.8, 4) is 0 Å². The second-order valence-electron chi connectivity index (χ2n) is 6.24. The molecule has 3 aliphatic rings. The third kappa shape index (κ3) is 2.48. The van der Waals surface area contributed by atoms with Gasteiger partial charge < -0.3 is 15.5 Å². The van der Waals surface area contributed by atoms with E-state index in [1.807, 2.05) is 4.90 Å². The van der Waals surface area contributed by atoms with Gasteiger partial charge in [-0.3, -0.25) is 9.59 Å². The van der Waals surface area contributed by atoms with Gasteiger partial charge in [-0.1, -0.05) is 6.92 Å². The quantitative estimate of drug-likeness (QED) is 0.707. The van der Waals surface area contributed by atoms with Crippen molar-refractivity contribution in [1.29, 1.82) is 0 Å². The van der Waals surface area contributed by atoms with Crippen LogP contribution in [0.5, 0.6) is 0 Å². The minimum absolute atomic E-state index is 0.00901. The van der Waals surface area contributed by atoms with Crippen LogP contribution < -0.4 is 10.6 Å². The first-order valence-electron chi connectivity index (χ1n) is 7.46. The van der Waals surface area contributed by atoms with Gasteiger partial charge in [0.25, 0.3) is 0 Å². The first-order chi connectivity index (χ1) is 9.15. The van der Waals surface area contributed by atoms with Gasteiger partial charge in [0, 0.05) is 25.6 Å². The van der Waals surface area contributed by atoms with E-state index in [1.54, 1.807) is 0 Å². The smallest absolute Gasteiger partial charge is 0.239 e. The molecule has 0 aromatic rings. The zero-order chi connectivity index (χ0) is 13.4. The van der Waals surface area contributed by atoms with Crippen LogP contribution in [-0.4, -0.2) is 48.4 Å². The molecule has 4 atom stereocenters. The summed E-state index contributed by atoms with van der Waals surface area (Å²) in [5, 5.41) is 6.39. The third-order valence-electron chi connectivity index (χ3n) is 4.93. The van der Waals surface area contributed by atoms with E-state index >= 15 is 0 Å². The van der Waals surface area contributed by atoms with E-state index in [4.69, 9.17) is 0 Å². The van der Waals surface area contributed by atoms with Crippen LogP contribution in [0.1, 0.15) is 32.6 Å². The second-order valence-corrected chi connectivity index (χ2v) is 6.24. The average molecular weight is 265 g/mol. The molecule has 2 amide bonds. The Morgan fingerprint density at radius 3 is 2.89 bits per heavy atom. The van der Waals surface area contributed by atoms with Crippen molar-refractivity contribution in [2.45, 2.75) is 44.7 Å². The fourth-order valence-corrected chi connectivity index (χ4v) is 3.67. The van der Waals surface area contributed by atoms with E-state index in [9.17, 15) is 9.59 Å². The number of carbonyl (C=O) groups is 2. The van der Waals surface area contributed by atoms with Crippen LogP contribution >= 0.6 is 0 Å². The van der Waals surface area contributed by atoms with Crippen molar-refractivity contribution in [2.75, 3.05) is 19.6 Å². The van der Waals surface area contributed by atoms with Gasteiger partial charge in [-0.05, 0) is 37.6 Å². The molecule has 3 rings (SSSR count). The van der Waals surface area contributed by atoms with Crippen LogP contribution in [0.4, 0.5) is 0 Å². The van der Waals surface area contributed by atoms with Gasteiger partial charge in [0.05, 0.1) is 6.04 Å². The Kier molecular flexibility index (Phi) is 3.48. The van der Waals surface area contributed by atoms with Crippen molar-refractivity contribution < 1.29 is 9.59 Å². The number of carbonyl (C=O) groups excluding carboxylic acids is 2. The highest BCUT2D eigenvalue weighted by Crippen LogP contribution is 2.27. The summed E-state index contributed by atoms with van der Waals surface area (Å²) in [5.41, 5.74) is 0. The zero-order valence-corrected chi connectivity index (χ0v) is 11.5. The number of piperidine rings is 2. The monoisotopic (exact) mass is 265 g/mol. The lowest BCUT2D eigenvalue weighted by atomic mass is 9.84. The number of fused-ring (bicyclic) bond motifs is 1. The lowest BCUT2D eigenvalue weighted by molar-refractivity contribution is -0.137. The van der Waals surface area contributed by atoms with Gasteiger partial charge in [0.15, 0.2) is 0 Å². The highest BCUT2D eigenvalue weighted by Gasteiger charge is 2.39. The standard InChI is InChI=1S/C14H23N3O2/c1-9-4-6-15-13(9)14(19)17-7-5-11-10(8-17)2-3-12(18)16-11/h9-11,13,15H,2-8H2,1H3,(H,16,18).